The molecule has 0 aromatic heterocycles. The maximum absolute atomic E-state index is 8.52. The first-order chi connectivity index (χ1) is 4.12. The molecule has 0 spiro atoms. The van der Waals surface area contributed by atoms with Gasteiger partial charge in [-0.25, -0.2) is 0 Å². The van der Waals surface area contributed by atoms with Crippen molar-refractivity contribution in [3.05, 3.63) is 0 Å². The van der Waals surface area contributed by atoms with Gasteiger partial charge in [0.25, 0.3) is 10.0 Å². The third kappa shape index (κ3) is 5.00. The minimum Gasteiger partial charge on any atom is -0.442 e. The Morgan fingerprint density at radius 2 is 1.89 bits per heavy atom. The number of rotatable bonds is 4. The van der Waals surface area contributed by atoms with Crippen LogP contribution in [0, 0.1) is 0 Å². The quantitative estimate of drug-likeness (QED) is 0.558. The molecule has 1 N–H and O–H groups in total. The van der Waals surface area contributed by atoms with E-state index in [9.17, 15) is 0 Å². The molecular weight excluding hydrogens is 168 g/mol. The van der Waals surface area contributed by atoms with E-state index in [0.717, 1.165) is 0 Å². The molecule has 0 aromatic rings. The lowest BCUT2D eigenvalue weighted by Crippen LogP contribution is -2.36. The zero-order valence-electron chi connectivity index (χ0n) is 6.18. The Morgan fingerprint density at radius 1 is 1.33 bits per heavy atom. The highest BCUT2D eigenvalue weighted by atomic mass is 28.4. The van der Waals surface area contributed by atoms with E-state index in [1.165, 1.54) is 0 Å². The van der Waals surface area contributed by atoms with Crippen LogP contribution >= 0.6 is 0 Å². The first-order valence-electron chi connectivity index (χ1n) is 3.01. The van der Waals surface area contributed by atoms with Gasteiger partial charge in [-0.15, -0.1) is 0 Å². The van der Waals surface area contributed by atoms with E-state index in [0.29, 0.717) is 0 Å². The summed E-state index contributed by atoms with van der Waals surface area (Å²) in [6.07, 6.45) is 0. The van der Waals surface area contributed by atoms with Crippen LogP contribution in [0.1, 0.15) is 0 Å². The summed E-state index contributed by atoms with van der Waals surface area (Å²) in [5.74, 6) is 0. The molecule has 0 rings (SSSR count). The molecule has 6 heteroatoms. The van der Waals surface area contributed by atoms with Crippen LogP contribution in [0.25, 0.3) is 0 Å². The molecular formula is C3H14O3Si3. The molecule has 0 aliphatic rings. The van der Waals surface area contributed by atoms with Gasteiger partial charge in [0, 0.05) is 0 Å². The van der Waals surface area contributed by atoms with E-state index < -0.39 is 18.6 Å². The Labute approximate surface area is 61.6 Å². The SMILES string of the molecule is C[SiH2]O[Si](C)(C)O[SiH2]O. The second-order valence-corrected chi connectivity index (χ2v) is 8.05. The van der Waals surface area contributed by atoms with Crippen LogP contribution in [0.15, 0.2) is 0 Å². The normalized spacial score (nSPS) is 14.7. The van der Waals surface area contributed by atoms with Crippen LogP contribution in [0.3, 0.4) is 0 Å². The lowest BCUT2D eigenvalue weighted by Gasteiger charge is -2.20. The second-order valence-electron chi connectivity index (χ2n) is 2.11. The molecule has 0 bridgehead atoms. The van der Waals surface area contributed by atoms with Crippen molar-refractivity contribution in [3.8, 4) is 0 Å². The van der Waals surface area contributed by atoms with Gasteiger partial charge in [0.1, 0.15) is 9.76 Å². The largest absolute Gasteiger partial charge is 0.442 e. The highest BCUT2D eigenvalue weighted by Gasteiger charge is 2.21. The van der Waals surface area contributed by atoms with E-state index in [4.69, 9.17) is 13.0 Å². The molecule has 3 nitrogen and oxygen atoms in total. The zero-order valence-corrected chi connectivity index (χ0v) is 10.0. The van der Waals surface area contributed by atoms with E-state index in [1.54, 1.807) is 0 Å². The molecule has 0 aromatic carbocycles. The van der Waals surface area contributed by atoms with Crippen LogP contribution in [0.2, 0.25) is 19.6 Å². The van der Waals surface area contributed by atoms with Gasteiger partial charge in [-0.3, -0.25) is 0 Å². The van der Waals surface area contributed by atoms with Crippen molar-refractivity contribution in [1.82, 2.24) is 0 Å². The topological polar surface area (TPSA) is 38.7 Å². The third-order valence-corrected chi connectivity index (χ3v) is 8.14. The molecule has 9 heavy (non-hydrogen) atoms. The fraction of sp³-hybridized carbons (Fsp3) is 1.00. The molecule has 0 amide bonds. The van der Waals surface area contributed by atoms with Crippen molar-refractivity contribution in [2.24, 2.45) is 0 Å². The van der Waals surface area contributed by atoms with Gasteiger partial charge in [0.05, 0.1) is 0 Å². The molecule has 56 valence electrons. The maximum atomic E-state index is 8.52. The van der Waals surface area contributed by atoms with Crippen LogP contribution in [0.4, 0.5) is 0 Å². The van der Waals surface area contributed by atoms with Crippen LogP contribution in [-0.4, -0.2) is 33.1 Å². The minimum atomic E-state index is -1.83. The van der Waals surface area contributed by atoms with Crippen molar-refractivity contribution in [3.63, 3.8) is 0 Å². The van der Waals surface area contributed by atoms with E-state index in [2.05, 4.69) is 6.55 Å². The predicted molar refractivity (Wildman–Crippen MR) is 44.8 cm³/mol. The molecule has 0 saturated heterocycles. The van der Waals surface area contributed by atoms with Gasteiger partial charge in [-0.2, -0.15) is 0 Å². The summed E-state index contributed by atoms with van der Waals surface area (Å²) in [4.78, 5) is 8.52. The summed E-state index contributed by atoms with van der Waals surface area (Å²) >= 11 is 0. The van der Waals surface area contributed by atoms with Crippen molar-refractivity contribution in [2.75, 3.05) is 0 Å². The minimum absolute atomic E-state index is 0.363. The molecule has 0 saturated carbocycles. The summed E-state index contributed by atoms with van der Waals surface area (Å²) in [6, 6.07) is 0. The molecule has 0 unspecified atom stereocenters. The average molecular weight is 182 g/mol. The first-order valence-corrected chi connectivity index (χ1v) is 9.03. The summed E-state index contributed by atoms with van der Waals surface area (Å²) < 4.78 is 10.5. The number of hydrogen-bond donors (Lipinski definition) is 1. The van der Waals surface area contributed by atoms with Crippen molar-refractivity contribution in [1.29, 1.82) is 0 Å². The summed E-state index contributed by atoms with van der Waals surface area (Å²) in [5, 5.41) is 0. The fourth-order valence-electron chi connectivity index (χ4n) is 0.545. The van der Waals surface area contributed by atoms with Crippen LogP contribution in [-0.2, 0) is 8.23 Å². The molecule has 0 radical (unpaired) electrons. The highest BCUT2D eigenvalue weighted by molar-refractivity contribution is 6.72. The Bertz CT molecular complexity index is 68.7. The summed E-state index contributed by atoms with van der Waals surface area (Å²) in [5.41, 5.74) is 0. The Balaban J connectivity index is 3.43. The van der Waals surface area contributed by atoms with Gasteiger partial charge in [0.15, 0.2) is 0 Å². The van der Waals surface area contributed by atoms with Crippen LogP contribution in [0.5, 0.6) is 0 Å². The second kappa shape index (κ2) is 4.36. The number of hydrogen-bond acceptors (Lipinski definition) is 3. The van der Waals surface area contributed by atoms with E-state index >= 15 is 0 Å². The smallest absolute Gasteiger partial charge is 0.311 e. The lowest BCUT2D eigenvalue weighted by molar-refractivity contribution is 0.377. The maximum Gasteiger partial charge on any atom is 0.311 e. The molecule has 0 heterocycles. The Morgan fingerprint density at radius 3 is 2.22 bits per heavy atom. The Hall–Kier alpha value is 0.531. The van der Waals surface area contributed by atoms with Gasteiger partial charge in [0.2, 0.25) is 0 Å². The predicted octanol–water partition coefficient (Wildman–Crippen LogP) is -1.16. The average Bonchev–Trinajstić information content (AvgIpc) is 1.64. The van der Waals surface area contributed by atoms with Crippen molar-refractivity contribution >= 4 is 28.3 Å². The zero-order chi connectivity index (χ0) is 7.33. The third-order valence-electron chi connectivity index (χ3n) is 0.904. The molecule has 0 aliphatic carbocycles. The van der Waals surface area contributed by atoms with Crippen molar-refractivity contribution < 1.29 is 13.0 Å². The monoisotopic (exact) mass is 182 g/mol. The fourth-order valence-corrected chi connectivity index (χ4v) is 5.65. The van der Waals surface area contributed by atoms with Gasteiger partial charge in [-0.05, 0) is 13.1 Å². The summed E-state index contributed by atoms with van der Waals surface area (Å²) in [6.45, 7) is 6.00. The van der Waals surface area contributed by atoms with E-state index in [-0.39, 0.29) is 9.76 Å². The standard InChI is InChI=1S/C3H14O3Si3/c1-7-5-9(2,3)6-8-4/h4H,7-8H2,1-3H3. The van der Waals surface area contributed by atoms with Gasteiger partial charge >= 0.3 is 8.56 Å². The lowest BCUT2D eigenvalue weighted by atomic mass is 11.9. The Kier molecular flexibility index (Phi) is 4.62. The summed E-state index contributed by atoms with van der Waals surface area (Å²) in [7, 11) is -3.44. The van der Waals surface area contributed by atoms with Crippen LogP contribution < -0.4 is 0 Å². The molecule has 0 aliphatic heterocycles. The van der Waals surface area contributed by atoms with E-state index in [1.807, 2.05) is 13.1 Å². The van der Waals surface area contributed by atoms with Gasteiger partial charge in [-0.1, -0.05) is 6.55 Å². The van der Waals surface area contributed by atoms with Gasteiger partial charge < -0.3 is 13.0 Å². The molecule has 0 fully saturated rings. The molecule has 0 atom stereocenters. The highest BCUT2D eigenvalue weighted by Crippen LogP contribution is 2.02. The van der Waals surface area contributed by atoms with Crippen molar-refractivity contribution in [2.45, 2.75) is 19.6 Å². The first kappa shape index (κ1) is 9.53.